The van der Waals surface area contributed by atoms with Crippen molar-refractivity contribution in [3.05, 3.63) is 187 Å². The number of fused-ring (bicyclic) bond motifs is 6. The van der Waals surface area contributed by atoms with Gasteiger partial charge in [0.15, 0.2) is 5.84 Å². The molecule has 3 heterocycles. The minimum atomic E-state index is -0.309. The van der Waals surface area contributed by atoms with Gasteiger partial charge in [0, 0.05) is 27.3 Å². The fourth-order valence-electron chi connectivity index (χ4n) is 7.29. The van der Waals surface area contributed by atoms with Gasteiger partial charge in [-0.15, -0.1) is 0 Å². The highest BCUT2D eigenvalue weighted by Gasteiger charge is 2.23. The van der Waals surface area contributed by atoms with Crippen molar-refractivity contribution in [1.29, 1.82) is 0 Å². The van der Waals surface area contributed by atoms with Crippen LogP contribution in [0.25, 0.3) is 60.6 Å². The van der Waals surface area contributed by atoms with Crippen LogP contribution in [-0.2, 0) is 0 Å². The van der Waals surface area contributed by atoms with Crippen LogP contribution in [0.15, 0.2) is 184 Å². The Kier molecular flexibility index (Phi) is 6.49. The largest absolute Gasteiger partial charge is 0.456 e. The zero-order valence-electron chi connectivity index (χ0n) is 27.0. The Morgan fingerprint density at radius 3 is 1.84 bits per heavy atom. The maximum atomic E-state index is 6.60. The molecule has 10 rings (SSSR count). The standard InChI is InChI=1S/C45H30N4O/c1-3-12-29(13-4-1)30-22-24-32(25-23-30)44-46-43(31-14-5-2-6-15-31)47-45(48-44)33-26-27-36-41(28-33)50-40-21-11-20-39(42(36)40)49-37-18-9-7-16-34(37)35-17-8-10-19-38(35)49/h1-28,44H,(H,46,47,48). The second kappa shape index (κ2) is 11.5. The normalized spacial score (nSPS) is 14.6. The molecule has 0 amide bonds. The maximum Gasteiger partial charge on any atom is 0.159 e. The Labute approximate surface area is 288 Å². The summed E-state index contributed by atoms with van der Waals surface area (Å²) in [5.74, 6) is 1.44. The first-order valence-corrected chi connectivity index (χ1v) is 16.9. The second-order valence-corrected chi connectivity index (χ2v) is 12.6. The van der Waals surface area contributed by atoms with Crippen LogP contribution < -0.4 is 5.32 Å². The number of nitrogens with zero attached hydrogens (tertiary/aromatic N) is 3. The highest BCUT2D eigenvalue weighted by Crippen LogP contribution is 2.39. The highest BCUT2D eigenvalue weighted by molar-refractivity contribution is 6.17. The molecule has 2 aromatic heterocycles. The van der Waals surface area contributed by atoms with Crippen molar-refractivity contribution < 1.29 is 4.42 Å². The predicted octanol–water partition coefficient (Wildman–Crippen LogP) is 10.8. The summed E-state index contributed by atoms with van der Waals surface area (Å²) in [6.45, 7) is 0. The SMILES string of the molecule is c1ccc(C2=NC(c3ccc(-c4ccccc4)cc3)NC(c3ccc4c(c3)oc3cccc(-n5c6ccccc6c6ccccc65)c34)=N2)cc1. The van der Waals surface area contributed by atoms with Crippen molar-refractivity contribution in [2.24, 2.45) is 9.98 Å². The van der Waals surface area contributed by atoms with Crippen molar-refractivity contribution in [2.75, 3.05) is 0 Å². The zero-order valence-corrected chi connectivity index (χ0v) is 27.0. The van der Waals surface area contributed by atoms with Crippen LogP contribution in [0.1, 0.15) is 22.9 Å². The number of rotatable bonds is 5. The summed E-state index contributed by atoms with van der Waals surface area (Å²) in [6.07, 6.45) is -0.309. The van der Waals surface area contributed by atoms with Crippen molar-refractivity contribution in [2.45, 2.75) is 6.17 Å². The Morgan fingerprint density at radius 1 is 0.500 bits per heavy atom. The molecule has 0 radical (unpaired) electrons. The lowest BCUT2D eigenvalue weighted by atomic mass is 10.0. The van der Waals surface area contributed by atoms with E-state index in [1.54, 1.807) is 0 Å². The smallest absolute Gasteiger partial charge is 0.159 e. The molecular formula is C45H30N4O. The lowest BCUT2D eigenvalue weighted by Gasteiger charge is -2.24. The molecule has 0 aliphatic carbocycles. The number of para-hydroxylation sites is 2. The van der Waals surface area contributed by atoms with E-state index < -0.39 is 0 Å². The molecule has 0 spiro atoms. The fourth-order valence-corrected chi connectivity index (χ4v) is 7.29. The van der Waals surface area contributed by atoms with Crippen LogP contribution in [0.3, 0.4) is 0 Å². The van der Waals surface area contributed by atoms with Gasteiger partial charge < -0.3 is 14.3 Å². The quantitative estimate of drug-likeness (QED) is 0.203. The third-order valence-corrected chi connectivity index (χ3v) is 9.68. The number of hydrogen-bond acceptors (Lipinski definition) is 4. The molecule has 1 N–H and O–H groups in total. The lowest BCUT2D eigenvalue weighted by Crippen LogP contribution is -2.33. The van der Waals surface area contributed by atoms with Crippen molar-refractivity contribution in [3.63, 3.8) is 0 Å². The van der Waals surface area contributed by atoms with E-state index in [1.807, 2.05) is 24.3 Å². The monoisotopic (exact) mass is 642 g/mol. The first kappa shape index (κ1) is 28.3. The second-order valence-electron chi connectivity index (χ2n) is 12.6. The van der Waals surface area contributed by atoms with Crippen LogP contribution in [-0.4, -0.2) is 16.2 Å². The van der Waals surface area contributed by atoms with Gasteiger partial charge in [0.1, 0.15) is 23.2 Å². The predicted molar refractivity (Wildman–Crippen MR) is 205 cm³/mol. The molecule has 1 atom stereocenters. The molecule has 5 heteroatoms. The Hall–Kier alpha value is -6.72. The molecule has 236 valence electrons. The number of aromatic nitrogens is 1. The summed E-state index contributed by atoms with van der Waals surface area (Å²) in [7, 11) is 0. The molecule has 0 saturated heterocycles. The van der Waals surface area contributed by atoms with Gasteiger partial charge in [-0.25, -0.2) is 9.98 Å². The summed E-state index contributed by atoms with van der Waals surface area (Å²) in [4.78, 5) is 10.1. The number of amidine groups is 2. The van der Waals surface area contributed by atoms with E-state index in [4.69, 9.17) is 14.4 Å². The topological polar surface area (TPSA) is 54.8 Å². The minimum Gasteiger partial charge on any atom is -0.456 e. The van der Waals surface area contributed by atoms with Crippen LogP contribution in [0.5, 0.6) is 0 Å². The van der Waals surface area contributed by atoms with Crippen molar-refractivity contribution in [3.8, 4) is 16.8 Å². The maximum absolute atomic E-state index is 6.60. The van der Waals surface area contributed by atoms with E-state index in [0.717, 1.165) is 50.2 Å². The van der Waals surface area contributed by atoms with E-state index in [2.05, 4.69) is 155 Å². The van der Waals surface area contributed by atoms with Gasteiger partial charge in [0.25, 0.3) is 0 Å². The van der Waals surface area contributed by atoms with Crippen LogP contribution in [0.4, 0.5) is 0 Å². The molecule has 0 saturated carbocycles. The molecule has 5 nitrogen and oxygen atoms in total. The van der Waals surface area contributed by atoms with Crippen molar-refractivity contribution in [1.82, 2.24) is 9.88 Å². The van der Waals surface area contributed by atoms with Crippen LogP contribution >= 0.6 is 0 Å². The lowest BCUT2D eigenvalue weighted by molar-refractivity contribution is 0.666. The molecule has 9 aromatic rings. The van der Waals surface area contributed by atoms with Gasteiger partial charge in [-0.1, -0.05) is 133 Å². The highest BCUT2D eigenvalue weighted by atomic mass is 16.3. The van der Waals surface area contributed by atoms with Crippen LogP contribution in [0.2, 0.25) is 0 Å². The Morgan fingerprint density at radius 2 is 1.12 bits per heavy atom. The minimum absolute atomic E-state index is 0.309. The van der Waals surface area contributed by atoms with E-state index >= 15 is 0 Å². The van der Waals surface area contributed by atoms with E-state index in [-0.39, 0.29) is 6.17 Å². The van der Waals surface area contributed by atoms with Gasteiger partial charge >= 0.3 is 0 Å². The summed E-state index contributed by atoms with van der Waals surface area (Å²) >= 11 is 0. The third kappa shape index (κ3) is 4.63. The fraction of sp³-hybridized carbons (Fsp3) is 0.0222. The number of benzene rings is 7. The molecule has 50 heavy (non-hydrogen) atoms. The summed E-state index contributed by atoms with van der Waals surface area (Å²) in [5.41, 5.74) is 10.4. The molecule has 1 unspecified atom stereocenters. The summed E-state index contributed by atoms with van der Waals surface area (Å²) < 4.78 is 8.96. The Balaban J connectivity index is 1.08. The molecule has 1 aliphatic heterocycles. The van der Waals surface area contributed by atoms with E-state index in [1.165, 1.54) is 32.9 Å². The number of hydrogen-bond donors (Lipinski definition) is 1. The molecule has 1 aliphatic rings. The summed E-state index contributed by atoms with van der Waals surface area (Å²) in [5, 5.41) is 8.24. The number of aliphatic imine (C=N–C) groups is 2. The number of nitrogens with one attached hydrogen (secondary N) is 1. The summed E-state index contributed by atoms with van der Waals surface area (Å²) in [6, 6.07) is 59.1. The average molecular weight is 643 g/mol. The third-order valence-electron chi connectivity index (χ3n) is 9.68. The molecule has 0 bridgehead atoms. The van der Waals surface area contributed by atoms with Gasteiger partial charge in [0.05, 0.1) is 22.1 Å². The first-order chi connectivity index (χ1) is 24.8. The Bertz CT molecular complexity index is 2720. The van der Waals surface area contributed by atoms with Gasteiger partial charge in [-0.3, -0.25) is 0 Å². The van der Waals surface area contributed by atoms with Gasteiger partial charge in [-0.2, -0.15) is 0 Å². The zero-order chi connectivity index (χ0) is 33.0. The van der Waals surface area contributed by atoms with Gasteiger partial charge in [0.2, 0.25) is 0 Å². The van der Waals surface area contributed by atoms with Gasteiger partial charge in [-0.05, 0) is 53.1 Å². The van der Waals surface area contributed by atoms with Crippen LogP contribution in [0, 0.1) is 0 Å². The molecule has 0 fully saturated rings. The first-order valence-electron chi connectivity index (χ1n) is 16.9. The van der Waals surface area contributed by atoms with E-state index in [0.29, 0.717) is 5.84 Å². The molecule has 7 aromatic carbocycles. The average Bonchev–Trinajstić information content (AvgIpc) is 3.74. The van der Waals surface area contributed by atoms with Crippen molar-refractivity contribution >= 4 is 55.4 Å². The van der Waals surface area contributed by atoms with E-state index in [9.17, 15) is 0 Å². The molecular weight excluding hydrogens is 613 g/mol. The number of furan rings is 1.